The summed E-state index contributed by atoms with van der Waals surface area (Å²) in [7, 11) is 0. The van der Waals surface area contributed by atoms with Crippen LogP contribution in [0.15, 0.2) is 48.5 Å². The van der Waals surface area contributed by atoms with Crippen LogP contribution in [0.1, 0.15) is 73.5 Å². The van der Waals surface area contributed by atoms with E-state index in [0.717, 1.165) is 50.7 Å². The van der Waals surface area contributed by atoms with Crippen molar-refractivity contribution in [3.05, 3.63) is 70.8 Å². The molecule has 0 aliphatic carbocycles. The third-order valence-corrected chi connectivity index (χ3v) is 5.66. The molecule has 1 N–H and O–H groups in total. The highest BCUT2D eigenvalue weighted by Crippen LogP contribution is 2.21. The van der Waals surface area contributed by atoms with Crippen molar-refractivity contribution in [3.8, 4) is 0 Å². The summed E-state index contributed by atoms with van der Waals surface area (Å²) in [5.41, 5.74) is 4.25. The number of aryl methyl sites for hydroxylation is 1. The van der Waals surface area contributed by atoms with Crippen LogP contribution < -0.4 is 0 Å². The lowest BCUT2D eigenvalue weighted by atomic mass is 9.88. The predicted molar refractivity (Wildman–Crippen MR) is 132 cm³/mol. The van der Waals surface area contributed by atoms with E-state index in [1.54, 1.807) is 12.1 Å². The van der Waals surface area contributed by atoms with Crippen LogP contribution in [0.2, 0.25) is 0 Å². The molecule has 5 heteroatoms. The molecule has 0 bridgehead atoms. The molecule has 0 unspecified atom stereocenters. The fourth-order valence-electron chi connectivity index (χ4n) is 3.55. The van der Waals surface area contributed by atoms with Crippen molar-refractivity contribution in [2.75, 3.05) is 19.7 Å². The number of rotatable bonds is 15. The first kappa shape index (κ1) is 26.7. The summed E-state index contributed by atoms with van der Waals surface area (Å²) in [5.74, 6) is -0.914. The first-order valence-corrected chi connectivity index (χ1v) is 11.9. The van der Waals surface area contributed by atoms with Crippen molar-refractivity contribution in [2.45, 2.75) is 66.0 Å². The normalized spacial score (nSPS) is 11.6. The zero-order chi connectivity index (χ0) is 24.1. The van der Waals surface area contributed by atoms with E-state index >= 15 is 0 Å². The number of unbranched alkanes of at least 4 members (excludes halogenated alkanes) is 2. The molecule has 0 aromatic heterocycles. The van der Waals surface area contributed by atoms with Crippen molar-refractivity contribution < 1.29 is 19.4 Å². The van der Waals surface area contributed by atoms with Crippen molar-refractivity contribution >= 4 is 12.3 Å². The van der Waals surface area contributed by atoms with Crippen LogP contribution in [-0.4, -0.2) is 42.0 Å². The zero-order valence-electron chi connectivity index (χ0n) is 20.4. The summed E-state index contributed by atoms with van der Waals surface area (Å²) in [6.45, 7) is 10.4. The van der Waals surface area contributed by atoms with Gasteiger partial charge >= 0.3 is 5.97 Å². The summed E-state index contributed by atoms with van der Waals surface area (Å²) in [5, 5.41) is 9.08. The van der Waals surface area contributed by atoms with E-state index in [-0.39, 0.29) is 0 Å². The van der Waals surface area contributed by atoms with Crippen LogP contribution >= 0.6 is 0 Å². The Hall–Kier alpha value is -2.50. The summed E-state index contributed by atoms with van der Waals surface area (Å²) in [4.78, 5) is 24.0. The smallest absolute Gasteiger partial charge is 0.335 e. The molecule has 0 atom stereocenters. The number of ether oxygens (including phenoxy) is 1. The molecule has 2 aromatic carbocycles. The minimum Gasteiger partial charge on any atom is -0.478 e. The SMILES string of the molecule is CC(C)(C)CCc1ccc(COCCN(CCCCC=O)Cc2ccc(C(=O)O)cc2)cc1. The minimum absolute atomic E-state index is 0.295. The zero-order valence-corrected chi connectivity index (χ0v) is 20.4. The fraction of sp³-hybridized carbons (Fsp3) is 0.500. The molecule has 0 aliphatic heterocycles. The Labute approximate surface area is 198 Å². The summed E-state index contributed by atoms with van der Waals surface area (Å²) >= 11 is 0. The maximum atomic E-state index is 11.1. The van der Waals surface area contributed by atoms with Crippen LogP contribution in [0.4, 0.5) is 0 Å². The monoisotopic (exact) mass is 453 g/mol. The maximum Gasteiger partial charge on any atom is 0.335 e. The van der Waals surface area contributed by atoms with E-state index in [1.165, 1.54) is 17.5 Å². The highest BCUT2D eigenvalue weighted by molar-refractivity contribution is 5.87. The van der Waals surface area contributed by atoms with E-state index in [1.807, 2.05) is 12.1 Å². The van der Waals surface area contributed by atoms with Gasteiger partial charge in [-0.2, -0.15) is 0 Å². The first-order valence-electron chi connectivity index (χ1n) is 11.9. The molecule has 0 spiro atoms. The number of carbonyl (C=O) groups excluding carboxylic acids is 1. The van der Waals surface area contributed by atoms with E-state index in [2.05, 4.69) is 49.9 Å². The number of carboxylic acids is 1. The lowest BCUT2D eigenvalue weighted by molar-refractivity contribution is -0.107. The van der Waals surface area contributed by atoms with Crippen molar-refractivity contribution in [2.24, 2.45) is 5.41 Å². The van der Waals surface area contributed by atoms with Gasteiger partial charge in [0.05, 0.1) is 18.8 Å². The van der Waals surface area contributed by atoms with E-state index < -0.39 is 5.97 Å². The van der Waals surface area contributed by atoms with Gasteiger partial charge in [-0.1, -0.05) is 57.2 Å². The van der Waals surface area contributed by atoms with Crippen LogP contribution in [-0.2, 0) is 29.1 Å². The molecule has 0 saturated carbocycles. The Morgan fingerprint density at radius 1 is 0.939 bits per heavy atom. The highest BCUT2D eigenvalue weighted by atomic mass is 16.5. The number of carboxylic acid groups (broad SMARTS) is 1. The Balaban J connectivity index is 1.81. The summed E-state index contributed by atoms with van der Waals surface area (Å²) in [6.07, 6.45) is 5.64. The molecular weight excluding hydrogens is 414 g/mol. The van der Waals surface area contributed by atoms with Crippen LogP contribution in [0.5, 0.6) is 0 Å². The van der Waals surface area contributed by atoms with Gasteiger partial charge in [-0.25, -0.2) is 4.79 Å². The van der Waals surface area contributed by atoms with Crippen molar-refractivity contribution in [1.82, 2.24) is 4.90 Å². The van der Waals surface area contributed by atoms with Gasteiger partial charge in [0.25, 0.3) is 0 Å². The second-order valence-corrected chi connectivity index (χ2v) is 9.87. The summed E-state index contributed by atoms with van der Waals surface area (Å²) < 4.78 is 5.94. The molecule has 180 valence electrons. The van der Waals surface area contributed by atoms with Gasteiger partial charge in [-0.15, -0.1) is 0 Å². The number of hydrogen-bond acceptors (Lipinski definition) is 4. The lowest BCUT2D eigenvalue weighted by Gasteiger charge is -2.22. The number of hydrogen-bond donors (Lipinski definition) is 1. The molecule has 0 radical (unpaired) electrons. The molecule has 0 heterocycles. The highest BCUT2D eigenvalue weighted by Gasteiger charge is 2.10. The second kappa shape index (κ2) is 13.9. The molecule has 0 saturated heterocycles. The van der Waals surface area contributed by atoms with Gasteiger partial charge in [0.2, 0.25) is 0 Å². The standard InChI is InChI=1S/C28H39NO4/c1-28(2,3)16-15-23-7-9-25(10-8-23)22-33-20-18-29(17-5-4-6-19-30)21-24-11-13-26(14-12-24)27(31)32/h7-14,19H,4-6,15-18,20-22H2,1-3H3,(H,31,32). The van der Waals surface area contributed by atoms with E-state index in [9.17, 15) is 9.59 Å². The number of benzene rings is 2. The molecule has 33 heavy (non-hydrogen) atoms. The van der Waals surface area contributed by atoms with Gasteiger partial charge in [-0.3, -0.25) is 4.90 Å². The third-order valence-electron chi connectivity index (χ3n) is 5.66. The number of nitrogens with zero attached hydrogens (tertiary/aromatic N) is 1. The molecule has 2 aromatic rings. The summed E-state index contributed by atoms with van der Waals surface area (Å²) in [6, 6.07) is 15.7. The van der Waals surface area contributed by atoms with Gasteiger partial charge in [0.1, 0.15) is 6.29 Å². The Morgan fingerprint density at radius 2 is 1.58 bits per heavy atom. The van der Waals surface area contributed by atoms with Crippen LogP contribution in [0.3, 0.4) is 0 Å². The lowest BCUT2D eigenvalue weighted by Crippen LogP contribution is -2.28. The number of carbonyl (C=O) groups is 2. The van der Waals surface area contributed by atoms with Crippen LogP contribution in [0, 0.1) is 5.41 Å². The van der Waals surface area contributed by atoms with Crippen LogP contribution in [0.25, 0.3) is 0 Å². The van der Waals surface area contributed by atoms with Gasteiger partial charge in [0, 0.05) is 19.5 Å². The largest absolute Gasteiger partial charge is 0.478 e. The number of aldehydes is 1. The van der Waals surface area contributed by atoms with Crippen molar-refractivity contribution in [3.63, 3.8) is 0 Å². The van der Waals surface area contributed by atoms with E-state index in [4.69, 9.17) is 9.84 Å². The molecule has 0 fully saturated rings. The molecule has 5 nitrogen and oxygen atoms in total. The quantitative estimate of drug-likeness (QED) is 0.275. The van der Waals surface area contributed by atoms with E-state index in [0.29, 0.717) is 30.6 Å². The topological polar surface area (TPSA) is 66.8 Å². The molecular formula is C28H39NO4. The maximum absolute atomic E-state index is 11.1. The average Bonchev–Trinajstić information content (AvgIpc) is 2.78. The third kappa shape index (κ3) is 11.3. The predicted octanol–water partition coefficient (Wildman–Crippen LogP) is 5.75. The molecule has 0 aliphatic rings. The molecule has 0 amide bonds. The van der Waals surface area contributed by atoms with Crippen molar-refractivity contribution in [1.29, 1.82) is 0 Å². The average molecular weight is 454 g/mol. The van der Waals surface area contributed by atoms with Gasteiger partial charge in [-0.05, 0) is 66.5 Å². The Kier molecular flexibility index (Phi) is 11.3. The van der Waals surface area contributed by atoms with Gasteiger partial charge < -0.3 is 14.6 Å². The first-order chi connectivity index (χ1) is 15.8. The minimum atomic E-state index is -0.914. The second-order valence-electron chi connectivity index (χ2n) is 9.87. The fourth-order valence-corrected chi connectivity index (χ4v) is 3.55. The Bertz CT molecular complexity index is 838. The Morgan fingerprint density at radius 3 is 2.18 bits per heavy atom. The number of aromatic carboxylic acids is 1. The molecule has 2 rings (SSSR count). The van der Waals surface area contributed by atoms with Gasteiger partial charge in [0.15, 0.2) is 0 Å².